The largest absolute Gasteiger partial charge is 0.466 e. The second kappa shape index (κ2) is 4.44. The van der Waals surface area contributed by atoms with E-state index >= 15 is 0 Å². The van der Waals surface area contributed by atoms with Gasteiger partial charge in [-0.25, -0.2) is 0 Å². The van der Waals surface area contributed by atoms with Crippen molar-refractivity contribution in [1.82, 2.24) is 0 Å². The average molecular weight is 247 g/mol. The van der Waals surface area contributed by atoms with Gasteiger partial charge in [0.2, 0.25) is 5.91 Å². The molecule has 1 aromatic rings. The van der Waals surface area contributed by atoms with E-state index in [2.05, 4.69) is 0 Å². The van der Waals surface area contributed by atoms with Crippen LogP contribution in [0.3, 0.4) is 0 Å². The zero-order valence-corrected chi connectivity index (χ0v) is 10.6. The standard InChI is InChI=1S/C14H17NO3/c1-3-18-12(16)11-8-14(11,13(15)17)10-6-4-9(2)5-7-10/h4-7,11H,3,8H2,1-2H3,(H2,15,17)/t11-,14+/m1/s1. The van der Waals surface area contributed by atoms with Gasteiger partial charge in [0, 0.05) is 0 Å². The monoisotopic (exact) mass is 247 g/mol. The first-order chi connectivity index (χ1) is 8.52. The molecular weight excluding hydrogens is 230 g/mol. The first kappa shape index (κ1) is 12.6. The van der Waals surface area contributed by atoms with E-state index in [-0.39, 0.29) is 5.97 Å². The summed E-state index contributed by atoms with van der Waals surface area (Å²) in [6, 6.07) is 7.56. The van der Waals surface area contributed by atoms with E-state index in [1.165, 1.54) is 0 Å². The average Bonchev–Trinajstić information content (AvgIpc) is 3.07. The Hall–Kier alpha value is -1.84. The minimum atomic E-state index is -0.861. The van der Waals surface area contributed by atoms with Crippen LogP contribution in [-0.2, 0) is 19.7 Å². The summed E-state index contributed by atoms with van der Waals surface area (Å²) >= 11 is 0. The van der Waals surface area contributed by atoms with Crippen LogP contribution < -0.4 is 5.73 Å². The summed E-state index contributed by atoms with van der Waals surface area (Å²) in [5.41, 5.74) is 6.53. The highest BCUT2D eigenvalue weighted by atomic mass is 16.5. The van der Waals surface area contributed by atoms with Gasteiger partial charge in [-0.3, -0.25) is 9.59 Å². The Morgan fingerprint density at radius 3 is 2.50 bits per heavy atom. The fourth-order valence-electron chi connectivity index (χ4n) is 2.37. The highest BCUT2D eigenvalue weighted by Gasteiger charge is 2.64. The fourth-order valence-corrected chi connectivity index (χ4v) is 2.37. The summed E-state index contributed by atoms with van der Waals surface area (Å²) in [6.45, 7) is 4.03. The third kappa shape index (κ3) is 1.88. The molecule has 0 spiro atoms. The summed E-state index contributed by atoms with van der Waals surface area (Å²) < 4.78 is 4.97. The molecule has 1 amide bonds. The topological polar surface area (TPSA) is 69.4 Å². The molecule has 1 aromatic carbocycles. The van der Waals surface area contributed by atoms with Gasteiger partial charge < -0.3 is 10.5 Å². The van der Waals surface area contributed by atoms with E-state index < -0.39 is 17.2 Å². The molecule has 0 aliphatic heterocycles. The number of carbonyl (C=O) groups excluding carboxylic acids is 2. The normalized spacial score (nSPS) is 25.6. The first-order valence-corrected chi connectivity index (χ1v) is 6.06. The van der Waals surface area contributed by atoms with Crippen molar-refractivity contribution in [3.8, 4) is 0 Å². The van der Waals surface area contributed by atoms with Crippen LogP contribution in [0.15, 0.2) is 24.3 Å². The lowest BCUT2D eigenvalue weighted by Crippen LogP contribution is -2.32. The van der Waals surface area contributed by atoms with Gasteiger partial charge in [0.1, 0.15) is 0 Å². The van der Waals surface area contributed by atoms with Crippen LogP contribution in [0.2, 0.25) is 0 Å². The van der Waals surface area contributed by atoms with Gasteiger partial charge in [-0.05, 0) is 25.8 Å². The lowest BCUT2D eigenvalue weighted by molar-refractivity contribution is -0.146. The second-order valence-electron chi connectivity index (χ2n) is 4.71. The zero-order valence-electron chi connectivity index (χ0n) is 10.6. The summed E-state index contributed by atoms with van der Waals surface area (Å²) in [5.74, 6) is -1.22. The Morgan fingerprint density at radius 1 is 1.39 bits per heavy atom. The number of primary amides is 1. The zero-order chi connectivity index (χ0) is 13.3. The quantitative estimate of drug-likeness (QED) is 0.815. The van der Waals surface area contributed by atoms with Crippen LogP contribution in [0.5, 0.6) is 0 Å². The first-order valence-electron chi connectivity index (χ1n) is 6.06. The number of esters is 1. The van der Waals surface area contributed by atoms with Crippen molar-refractivity contribution in [2.24, 2.45) is 11.7 Å². The third-order valence-corrected chi connectivity index (χ3v) is 3.54. The van der Waals surface area contributed by atoms with Crippen molar-refractivity contribution in [2.75, 3.05) is 6.61 Å². The van der Waals surface area contributed by atoms with Crippen molar-refractivity contribution in [1.29, 1.82) is 0 Å². The number of rotatable bonds is 4. The number of amides is 1. The molecule has 1 fully saturated rings. The van der Waals surface area contributed by atoms with Gasteiger partial charge in [-0.15, -0.1) is 0 Å². The van der Waals surface area contributed by atoms with Gasteiger partial charge >= 0.3 is 5.97 Å². The lowest BCUT2D eigenvalue weighted by Gasteiger charge is -2.13. The Bertz CT molecular complexity index is 480. The molecule has 1 aliphatic rings. The van der Waals surface area contributed by atoms with E-state index in [4.69, 9.17) is 10.5 Å². The molecule has 96 valence electrons. The fraction of sp³-hybridized carbons (Fsp3) is 0.429. The molecule has 4 nitrogen and oxygen atoms in total. The smallest absolute Gasteiger partial charge is 0.310 e. The Labute approximate surface area is 106 Å². The van der Waals surface area contributed by atoms with Crippen molar-refractivity contribution < 1.29 is 14.3 Å². The molecule has 0 unspecified atom stereocenters. The maximum Gasteiger partial charge on any atom is 0.310 e. The van der Waals surface area contributed by atoms with E-state index in [0.717, 1.165) is 11.1 Å². The van der Waals surface area contributed by atoms with E-state index in [9.17, 15) is 9.59 Å². The second-order valence-corrected chi connectivity index (χ2v) is 4.71. The van der Waals surface area contributed by atoms with Gasteiger partial charge in [0.25, 0.3) is 0 Å². The minimum Gasteiger partial charge on any atom is -0.466 e. The molecule has 18 heavy (non-hydrogen) atoms. The third-order valence-electron chi connectivity index (χ3n) is 3.54. The highest BCUT2D eigenvalue weighted by molar-refractivity contribution is 5.98. The van der Waals surface area contributed by atoms with Crippen molar-refractivity contribution in [2.45, 2.75) is 25.7 Å². The molecule has 0 aromatic heterocycles. The number of aryl methyl sites for hydroxylation is 1. The van der Waals surface area contributed by atoms with Crippen LogP contribution in [0, 0.1) is 12.8 Å². The molecule has 1 aliphatic carbocycles. The number of hydrogen-bond acceptors (Lipinski definition) is 3. The Morgan fingerprint density at radius 2 is 2.00 bits per heavy atom. The predicted molar refractivity (Wildman–Crippen MR) is 66.8 cm³/mol. The molecule has 0 saturated heterocycles. The number of hydrogen-bond donors (Lipinski definition) is 1. The molecular formula is C14H17NO3. The summed E-state index contributed by atoms with van der Waals surface area (Å²) in [5, 5.41) is 0. The van der Waals surface area contributed by atoms with Crippen molar-refractivity contribution >= 4 is 11.9 Å². The highest BCUT2D eigenvalue weighted by Crippen LogP contribution is 2.54. The maximum atomic E-state index is 11.7. The van der Waals surface area contributed by atoms with E-state index in [0.29, 0.717) is 13.0 Å². The molecule has 1 saturated carbocycles. The Balaban J connectivity index is 2.29. The van der Waals surface area contributed by atoms with Gasteiger partial charge in [-0.1, -0.05) is 29.8 Å². The minimum absolute atomic E-state index is 0.318. The number of ether oxygens (including phenoxy) is 1. The van der Waals surface area contributed by atoms with Crippen LogP contribution in [0.4, 0.5) is 0 Å². The Kier molecular flexibility index (Phi) is 3.11. The van der Waals surface area contributed by atoms with Gasteiger partial charge in [0.05, 0.1) is 17.9 Å². The summed E-state index contributed by atoms with van der Waals surface area (Å²) in [4.78, 5) is 23.4. The van der Waals surface area contributed by atoms with Crippen LogP contribution >= 0.6 is 0 Å². The van der Waals surface area contributed by atoms with Crippen LogP contribution in [0.1, 0.15) is 24.5 Å². The van der Waals surface area contributed by atoms with E-state index in [1.807, 2.05) is 31.2 Å². The number of benzene rings is 1. The molecule has 4 heteroatoms. The molecule has 2 rings (SSSR count). The number of nitrogens with two attached hydrogens (primary N) is 1. The number of carbonyl (C=O) groups is 2. The SMILES string of the molecule is CCOC(=O)[C@H]1C[C@]1(C(N)=O)c1ccc(C)cc1. The van der Waals surface area contributed by atoms with Gasteiger partial charge in [-0.2, -0.15) is 0 Å². The predicted octanol–water partition coefficient (Wildman–Crippen LogP) is 1.30. The summed E-state index contributed by atoms with van der Waals surface area (Å²) in [7, 11) is 0. The van der Waals surface area contributed by atoms with Crippen molar-refractivity contribution in [3.63, 3.8) is 0 Å². The van der Waals surface area contributed by atoms with Crippen LogP contribution in [0.25, 0.3) is 0 Å². The lowest BCUT2D eigenvalue weighted by atomic mass is 9.92. The molecule has 0 radical (unpaired) electrons. The maximum absolute atomic E-state index is 11.7. The molecule has 2 atom stereocenters. The van der Waals surface area contributed by atoms with E-state index in [1.54, 1.807) is 6.92 Å². The molecule has 0 bridgehead atoms. The molecule has 0 heterocycles. The van der Waals surface area contributed by atoms with Crippen molar-refractivity contribution in [3.05, 3.63) is 35.4 Å². The van der Waals surface area contributed by atoms with Crippen LogP contribution in [-0.4, -0.2) is 18.5 Å². The summed E-state index contributed by atoms with van der Waals surface area (Å²) in [6.07, 6.45) is 0.449. The van der Waals surface area contributed by atoms with Gasteiger partial charge in [0.15, 0.2) is 0 Å². The molecule has 2 N–H and O–H groups in total.